The van der Waals surface area contributed by atoms with E-state index in [9.17, 15) is 9.59 Å². The van der Waals surface area contributed by atoms with Gasteiger partial charge in [-0.05, 0) is 63.6 Å². The van der Waals surface area contributed by atoms with Crippen molar-refractivity contribution >= 4 is 11.8 Å². The lowest BCUT2D eigenvalue weighted by Gasteiger charge is -2.22. The number of nitrogens with two attached hydrogens (primary N) is 2. The van der Waals surface area contributed by atoms with Crippen molar-refractivity contribution in [3.8, 4) is 22.3 Å². The smallest absolute Gasteiger partial charge is 0.248 e. The highest BCUT2D eigenvalue weighted by Gasteiger charge is 2.17. The largest absolute Gasteiger partial charge is 0.366 e. The Morgan fingerprint density at radius 3 is 1.43 bits per heavy atom. The number of amides is 2. The molecular formula is C24H24N2O2. The Kier molecular flexibility index (Phi) is 5.06. The van der Waals surface area contributed by atoms with Gasteiger partial charge < -0.3 is 11.5 Å². The lowest BCUT2D eigenvalue weighted by molar-refractivity contribution is 0.0992. The van der Waals surface area contributed by atoms with Gasteiger partial charge in [-0.15, -0.1) is 0 Å². The summed E-state index contributed by atoms with van der Waals surface area (Å²) in [5.41, 5.74) is 16.7. The fourth-order valence-electron chi connectivity index (χ4n) is 3.10. The van der Waals surface area contributed by atoms with Gasteiger partial charge in [0.25, 0.3) is 0 Å². The summed E-state index contributed by atoms with van der Waals surface area (Å²) >= 11 is 0. The van der Waals surface area contributed by atoms with Crippen LogP contribution in [0.15, 0.2) is 66.7 Å². The van der Waals surface area contributed by atoms with Gasteiger partial charge in [-0.25, -0.2) is 0 Å². The predicted octanol–water partition coefficient (Wildman–Crippen LogP) is 4.52. The molecule has 3 aromatic carbocycles. The van der Waals surface area contributed by atoms with Crippen molar-refractivity contribution < 1.29 is 9.59 Å². The molecule has 0 fully saturated rings. The fourth-order valence-corrected chi connectivity index (χ4v) is 3.10. The van der Waals surface area contributed by atoms with E-state index in [4.69, 9.17) is 11.5 Å². The van der Waals surface area contributed by atoms with Crippen LogP contribution in [-0.4, -0.2) is 11.8 Å². The SMILES string of the molecule is CC(C)(C)c1cc(-c2cccc(C(N)=O)c2)cc(-c2cccc(C(N)=O)c2)c1. The van der Waals surface area contributed by atoms with E-state index in [0.29, 0.717) is 11.1 Å². The maximum absolute atomic E-state index is 11.6. The summed E-state index contributed by atoms with van der Waals surface area (Å²) in [6.07, 6.45) is 0. The van der Waals surface area contributed by atoms with Crippen molar-refractivity contribution in [3.05, 3.63) is 83.4 Å². The molecule has 0 aliphatic rings. The van der Waals surface area contributed by atoms with Crippen LogP contribution in [0.3, 0.4) is 0 Å². The van der Waals surface area contributed by atoms with Crippen molar-refractivity contribution in [2.75, 3.05) is 0 Å². The van der Waals surface area contributed by atoms with Crippen molar-refractivity contribution in [1.82, 2.24) is 0 Å². The zero-order valence-electron chi connectivity index (χ0n) is 16.3. The highest BCUT2D eigenvalue weighted by molar-refractivity contribution is 5.95. The van der Waals surface area contributed by atoms with Crippen LogP contribution in [0.2, 0.25) is 0 Å². The van der Waals surface area contributed by atoms with Crippen molar-refractivity contribution in [2.24, 2.45) is 11.5 Å². The van der Waals surface area contributed by atoms with E-state index in [1.165, 1.54) is 0 Å². The van der Waals surface area contributed by atoms with E-state index >= 15 is 0 Å². The Balaban J connectivity index is 2.21. The molecule has 0 bridgehead atoms. The summed E-state index contributed by atoms with van der Waals surface area (Å²) in [6, 6.07) is 20.9. The first-order valence-electron chi connectivity index (χ1n) is 9.11. The molecule has 4 N–H and O–H groups in total. The van der Waals surface area contributed by atoms with Gasteiger partial charge in [0.15, 0.2) is 0 Å². The normalized spacial score (nSPS) is 11.2. The average molecular weight is 372 g/mol. The number of benzene rings is 3. The van der Waals surface area contributed by atoms with Crippen LogP contribution < -0.4 is 11.5 Å². The second-order valence-electron chi connectivity index (χ2n) is 7.94. The highest BCUT2D eigenvalue weighted by atomic mass is 16.1. The maximum atomic E-state index is 11.6. The van der Waals surface area contributed by atoms with Crippen LogP contribution in [0.1, 0.15) is 47.1 Å². The molecule has 3 aromatic rings. The van der Waals surface area contributed by atoms with Gasteiger partial charge in [-0.2, -0.15) is 0 Å². The molecule has 0 aliphatic carbocycles. The summed E-state index contributed by atoms with van der Waals surface area (Å²) in [6.45, 7) is 6.45. The molecule has 2 amide bonds. The van der Waals surface area contributed by atoms with Crippen molar-refractivity contribution in [2.45, 2.75) is 26.2 Å². The standard InChI is InChI=1S/C24H24N2O2/c1-24(2,3)21-13-19(15-6-4-8-17(10-15)22(25)27)12-20(14-21)16-7-5-9-18(11-16)23(26)28/h4-14H,1-3H3,(H2,25,27)(H2,26,28). The summed E-state index contributed by atoms with van der Waals surface area (Å²) in [5, 5.41) is 0. The van der Waals surface area contributed by atoms with Crippen molar-refractivity contribution in [1.29, 1.82) is 0 Å². The molecule has 0 atom stereocenters. The van der Waals surface area contributed by atoms with E-state index in [1.54, 1.807) is 24.3 Å². The third-order valence-corrected chi connectivity index (χ3v) is 4.76. The van der Waals surface area contributed by atoms with Crippen LogP contribution in [0.25, 0.3) is 22.3 Å². The summed E-state index contributed by atoms with van der Waals surface area (Å²) in [7, 11) is 0. The lowest BCUT2D eigenvalue weighted by Crippen LogP contribution is -2.12. The third-order valence-electron chi connectivity index (χ3n) is 4.76. The molecule has 0 aromatic heterocycles. The highest BCUT2D eigenvalue weighted by Crippen LogP contribution is 2.34. The molecule has 0 saturated heterocycles. The Hall–Kier alpha value is -3.40. The van der Waals surface area contributed by atoms with Crippen LogP contribution in [0.4, 0.5) is 0 Å². The number of rotatable bonds is 4. The Morgan fingerprint density at radius 2 is 1.07 bits per heavy atom. The minimum Gasteiger partial charge on any atom is -0.366 e. The molecule has 0 spiro atoms. The molecule has 142 valence electrons. The average Bonchev–Trinajstić information content (AvgIpc) is 2.67. The van der Waals surface area contributed by atoms with Gasteiger partial charge in [0.05, 0.1) is 0 Å². The first kappa shape index (κ1) is 19.4. The van der Waals surface area contributed by atoms with Gasteiger partial charge in [0, 0.05) is 11.1 Å². The molecule has 28 heavy (non-hydrogen) atoms. The van der Waals surface area contributed by atoms with E-state index in [1.807, 2.05) is 24.3 Å². The van der Waals surface area contributed by atoms with Crippen LogP contribution in [0.5, 0.6) is 0 Å². The summed E-state index contributed by atoms with van der Waals surface area (Å²) < 4.78 is 0. The summed E-state index contributed by atoms with van der Waals surface area (Å²) in [5.74, 6) is -0.911. The van der Waals surface area contributed by atoms with Gasteiger partial charge in [-0.3, -0.25) is 9.59 Å². The monoisotopic (exact) mass is 372 g/mol. The number of primary amides is 2. The van der Waals surface area contributed by atoms with E-state index in [2.05, 4.69) is 39.0 Å². The van der Waals surface area contributed by atoms with Crippen LogP contribution >= 0.6 is 0 Å². The molecule has 0 aliphatic heterocycles. The predicted molar refractivity (Wildman–Crippen MR) is 113 cm³/mol. The molecule has 0 heterocycles. The molecule has 0 unspecified atom stereocenters. The van der Waals surface area contributed by atoms with Gasteiger partial charge in [-0.1, -0.05) is 57.2 Å². The Bertz CT molecular complexity index is 986. The number of hydrogen-bond donors (Lipinski definition) is 2. The Morgan fingerprint density at radius 1 is 0.643 bits per heavy atom. The third kappa shape index (κ3) is 4.12. The van der Waals surface area contributed by atoms with Gasteiger partial charge in [0.1, 0.15) is 0 Å². The second-order valence-corrected chi connectivity index (χ2v) is 7.94. The molecule has 3 rings (SSSR count). The maximum Gasteiger partial charge on any atom is 0.248 e. The number of carbonyl (C=O) groups is 2. The van der Waals surface area contributed by atoms with E-state index in [0.717, 1.165) is 27.8 Å². The molecule has 0 radical (unpaired) electrons. The first-order chi connectivity index (χ1) is 13.1. The minimum atomic E-state index is -0.455. The van der Waals surface area contributed by atoms with Gasteiger partial charge >= 0.3 is 0 Å². The van der Waals surface area contributed by atoms with Crippen LogP contribution in [-0.2, 0) is 5.41 Å². The first-order valence-corrected chi connectivity index (χ1v) is 9.11. The zero-order valence-corrected chi connectivity index (χ0v) is 16.3. The second kappa shape index (κ2) is 7.31. The molecule has 4 heteroatoms. The topological polar surface area (TPSA) is 86.2 Å². The van der Waals surface area contributed by atoms with Gasteiger partial charge in [0.2, 0.25) is 11.8 Å². The summed E-state index contributed by atoms with van der Waals surface area (Å²) in [4.78, 5) is 23.2. The number of carbonyl (C=O) groups excluding carboxylic acids is 2. The molecule has 0 saturated carbocycles. The quantitative estimate of drug-likeness (QED) is 0.705. The zero-order chi connectivity index (χ0) is 20.5. The van der Waals surface area contributed by atoms with E-state index in [-0.39, 0.29) is 5.41 Å². The lowest BCUT2D eigenvalue weighted by atomic mass is 9.83. The number of hydrogen-bond acceptors (Lipinski definition) is 2. The van der Waals surface area contributed by atoms with Crippen molar-refractivity contribution in [3.63, 3.8) is 0 Å². The van der Waals surface area contributed by atoms with Crippen LogP contribution in [0, 0.1) is 0 Å². The molecular weight excluding hydrogens is 348 g/mol. The Labute approximate surface area is 165 Å². The minimum absolute atomic E-state index is 0.0760. The fraction of sp³-hybridized carbons (Fsp3) is 0.167. The molecule has 4 nitrogen and oxygen atoms in total. The van der Waals surface area contributed by atoms with E-state index < -0.39 is 11.8 Å².